The van der Waals surface area contributed by atoms with Crippen molar-refractivity contribution < 1.29 is 22.3 Å². The minimum Gasteiger partial charge on any atom is -0.755 e. The molecular formula is C24H18F2IN4O3S2-. The monoisotopic (exact) mass is 639 g/mol. The van der Waals surface area contributed by atoms with Gasteiger partial charge in [0.2, 0.25) is 0 Å². The van der Waals surface area contributed by atoms with Gasteiger partial charge in [-0.25, -0.2) is 8.78 Å². The minimum atomic E-state index is -2.84. The van der Waals surface area contributed by atoms with Crippen LogP contribution in [0, 0.1) is 15.2 Å². The second kappa shape index (κ2) is 11.5. The first kappa shape index (κ1) is 26.3. The molecule has 12 heteroatoms. The molecular weight excluding hydrogens is 621 g/mol. The Morgan fingerprint density at radius 1 is 1.14 bits per heavy atom. The van der Waals surface area contributed by atoms with Gasteiger partial charge in [0, 0.05) is 21.6 Å². The van der Waals surface area contributed by atoms with Crippen LogP contribution in [0.3, 0.4) is 0 Å². The van der Waals surface area contributed by atoms with Gasteiger partial charge < -0.3 is 9.87 Å². The standard InChI is InChI=1S/C24H19F2IN4O3S2/c1-14(18-9-7-16(25)12-20(18)26)28-24(32)19-10-8-17(27)13-22(19)31(36(33)34)23-21(29-35-30-23)11-15-5-3-2-4-6-15/h2-10,12-14H,11H2,1H3,(H,28,32)(H,33,34)/p-1. The number of nitrogens with zero attached hydrogens (tertiary/aromatic N) is 3. The zero-order valence-corrected chi connectivity index (χ0v) is 22.4. The third kappa shape index (κ3) is 5.94. The highest BCUT2D eigenvalue weighted by Gasteiger charge is 2.25. The van der Waals surface area contributed by atoms with Crippen molar-refractivity contribution in [2.24, 2.45) is 0 Å². The van der Waals surface area contributed by atoms with Crippen molar-refractivity contribution in [1.82, 2.24) is 14.1 Å². The number of amides is 1. The molecule has 2 unspecified atom stereocenters. The molecule has 0 aliphatic carbocycles. The lowest BCUT2D eigenvalue weighted by atomic mass is 10.1. The van der Waals surface area contributed by atoms with Crippen molar-refractivity contribution in [3.8, 4) is 0 Å². The van der Waals surface area contributed by atoms with Crippen molar-refractivity contribution in [1.29, 1.82) is 0 Å². The van der Waals surface area contributed by atoms with E-state index in [1.165, 1.54) is 12.1 Å². The number of anilines is 2. The Bertz CT molecular complexity index is 1420. The number of benzene rings is 3. The smallest absolute Gasteiger partial charge is 0.253 e. The summed E-state index contributed by atoms with van der Waals surface area (Å²) in [5, 5.41) is 2.66. The molecule has 0 aliphatic rings. The van der Waals surface area contributed by atoms with Crippen LogP contribution >= 0.6 is 34.3 Å². The van der Waals surface area contributed by atoms with Crippen LogP contribution in [-0.4, -0.2) is 23.4 Å². The zero-order chi connectivity index (χ0) is 25.8. The molecule has 3 aromatic carbocycles. The van der Waals surface area contributed by atoms with Crippen molar-refractivity contribution >= 4 is 63.0 Å². The Labute approximate surface area is 226 Å². The molecule has 1 N–H and O–H groups in total. The highest BCUT2D eigenvalue weighted by atomic mass is 127. The van der Waals surface area contributed by atoms with E-state index < -0.39 is 34.8 Å². The predicted octanol–water partition coefficient (Wildman–Crippen LogP) is 5.43. The number of hydrogen-bond acceptors (Lipinski definition) is 6. The Morgan fingerprint density at radius 3 is 2.58 bits per heavy atom. The fourth-order valence-corrected chi connectivity index (χ4v) is 5.27. The van der Waals surface area contributed by atoms with E-state index in [1.54, 1.807) is 19.1 Å². The van der Waals surface area contributed by atoms with E-state index >= 15 is 0 Å². The number of carbonyl (C=O) groups is 1. The Kier molecular flexibility index (Phi) is 8.39. The van der Waals surface area contributed by atoms with E-state index in [4.69, 9.17) is 0 Å². The highest BCUT2D eigenvalue weighted by molar-refractivity contribution is 14.1. The first-order valence-corrected chi connectivity index (χ1v) is 13.4. The van der Waals surface area contributed by atoms with Crippen molar-refractivity contribution in [2.45, 2.75) is 19.4 Å². The molecule has 1 amide bonds. The second-order valence-electron chi connectivity index (χ2n) is 7.73. The topological polar surface area (TPSA) is 98.2 Å². The number of nitrogens with one attached hydrogen (secondary N) is 1. The van der Waals surface area contributed by atoms with Gasteiger partial charge in [-0.15, -0.1) is 0 Å². The summed E-state index contributed by atoms with van der Waals surface area (Å²) in [6, 6.07) is 16.3. The Hall–Kier alpha value is -2.81. The van der Waals surface area contributed by atoms with Crippen LogP contribution in [0.25, 0.3) is 0 Å². The van der Waals surface area contributed by atoms with Crippen molar-refractivity contribution in [2.75, 3.05) is 4.31 Å². The summed E-state index contributed by atoms with van der Waals surface area (Å²) < 4.78 is 62.5. The third-order valence-electron chi connectivity index (χ3n) is 5.29. The second-order valence-corrected chi connectivity index (χ2v) is 10.3. The Balaban J connectivity index is 1.70. The van der Waals surface area contributed by atoms with Gasteiger partial charge in [-0.05, 0) is 59.3 Å². The van der Waals surface area contributed by atoms with Gasteiger partial charge >= 0.3 is 0 Å². The van der Waals surface area contributed by atoms with Gasteiger partial charge in [0.15, 0.2) is 5.82 Å². The van der Waals surface area contributed by atoms with Crippen LogP contribution in [0.1, 0.15) is 40.1 Å². The van der Waals surface area contributed by atoms with E-state index in [9.17, 15) is 22.3 Å². The van der Waals surface area contributed by atoms with Crippen LogP contribution in [0.5, 0.6) is 0 Å². The highest BCUT2D eigenvalue weighted by Crippen LogP contribution is 2.34. The molecule has 0 saturated heterocycles. The maximum Gasteiger partial charge on any atom is 0.253 e. The summed E-state index contributed by atoms with van der Waals surface area (Å²) in [7, 11) is 0. The number of rotatable bonds is 8. The lowest BCUT2D eigenvalue weighted by molar-refractivity contribution is 0.0940. The van der Waals surface area contributed by atoms with Crippen molar-refractivity contribution in [3.63, 3.8) is 0 Å². The molecule has 2 atom stereocenters. The minimum absolute atomic E-state index is 0.0349. The molecule has 4 aromatic rings. The van der Waals surface area contributed by atoms with E-state index in [-0.39, 0.29) is 22.6 Å². The summed E-state index contributed by atoms with van der Waals surface area (Å²) in [6.07, 6.45) is 0.340. The maximum absolute atomic E-state index is 14.2. The van der Waals surface area contributed by atoms with E-state index in [0.717, 1.165) is 33.7 Å². The predicted molar refractivity (Wildman–Crippen MR) is 142 cm³/mol. The summed E-state index contributed by atoms with van der Waals surface area (Å²) in [4.78, 5) is 13.2. The maximum atomic E-state index is 14.2. The van der Waals surface area contributed by atoms with Gasteiger partial charge in [0.05, 0.1) is 40.3 Å². The lowest BCUT2D eigenvalue weighted by Gasteiger charge is -2.27. The van der Waals surface area contributed by atoms with Crippen LogP contribution < -0.4 is 9.62 Å². The average molecular weight is 639 g/mol. The van der Waals surface area contributed by atoms with Crippen LogP contribution in [0.4, 0.5) is 20.3 Å². The fourth-order valence-electron chi connectivity index (χ4n) is 3.59. The van der Waals surface area contributed by atoms with E-state index in [2.05, 4.69) is 14.1 Å². The van der Waals surface area contributed by atoms with Gasteiger partial charge in [0.1, 0.15) is 17.3 Å². The largest absolute Gasteiger partial charge is 0.755 e. The quantitative estimate of drug-likeness (QED) is 0.205. The molecule has 0 spiro atoms. The molecule has 0 fully saturated rings. The molecule has 0 radical (unpaired) electrons. The fraction of sp³-hybridized carbons (Fsp3) is 0.125. The van der Waals surface area contributed by atoms with E-state index in [1.807, 2.05) is 52.9 Å². The number of halogens is 3. The summed E-state index contributed by atoms with van der Waals surface area (Å²) in [5.41, 5.74) is 1.55. The van der Waals surface area contributed by atoms with Gasteiger partial charge in [0.25, 0.3) is 5.91 Å². The normalized spacial score (nSPS) is 12.7. The molecule has 0 bridgehead atoms. The molecule has 4 rings (SSSR count). The first-order chi connectivity index (χ1) is 17.2. The zero-order valence-electron chi connectivity index (χ0n) is 18.7. The summed E-state index contributed by atoms with van der Waals surface area (Å²) in [5.74, 6) is -2.08. The number of aromatic nitrogens is 2. The third-order valence-corrected chi connectivity index (χ3v) is 7.19. The van der Waals surface area contributed by atoms with Crippen LogP contribution in [0.2, 0.25) is 0 Å². The van der Waals surface area contributed by atoms with E-state index in [0.29, 0.717) is 15.7 Å². The molecule has 7 nitrogen and oxygen atoms in total. The summed E-state index contributed by atoms with van der Waals surface area (Å²) in [6.45, 7) is 1.55. The average Bonchev–Trinajstić information content (AvgIpc) is 3.27. The molecule has 0 aliphatic heterocycles. The Morgan fingerprint density at radius 2 is 1.89 bits per heavy atom. The van der Waals surface area contributed by atoms with Gasteiger partial charge in [-0.3, -0.25) is 13.3 Å². The lowest BCUT2D eigenvalue weighted by Crippen LogP contribution is -2.30. The number of hydrogen-bond donors (Lipinski definition) is 1. The summed E-state index contributed by atoms with van der Waals surface area (Å²) >= 11 is 0.0374. The molecule has 1 aromatic heterocycles. The molecule has 186 valence electrons. The van der Waals surface area contributed by atoms with Gasteiger partial charge in [-0.1, -0.05) is 36.4 Å². The molecule has 0 saturated carbocycles. The van der Waals surface area contributed by atoms with Crippen LogP contribution in [-0.2, 0) is 17.7 Å². The SMILES string of the molecule is CC(NC(=O)c1ccc(I)cc1N(c1nsnc1Cc1ccccc1)S(=O)[O-])c1ccc(F)cc1F. The van der Waals surface area contributed by atoms with Crippen molar-refractivity contribution in [3.05, 3.63) is 104 Å². The van der Waals surface area contributed by atoms with Crippen LogP contribution in [0.15, 0.2) is 66.7 Å². The van der Waals surface area contributed by atoms with Gasteiger partial charge in [-0.2, -0.15) is 8.75 Å². The molecule has 36 heavy (non-hydrogen) atoms. The number of carbonyl (C=O) groups excluding carboxylic acids is 1. The molecule has 1 heterocycles. The first-order valence-electron chi connectivity index (χ1n) is 10.5.